The van der Waals surface area contributed by atoms with Crippen molar-refractivity contribution < 1.29 is 13.9 Å². The monoisotopic (exact) mass is 330 g/mol. The summed E-state index contributed by atoms with van der Waals surface area (Å²) in [5, 5.41) is 6.37. The second-order valence-corrected chi connectivity index (χ2v) is 6.03. The van der Waals surface area contributed by atoms with Crippen LogP contribution in [0.1, 0.15) is 34.1 Å². The van der Waals surface area contributed by atoms with Crippen molar-refractivity contribution in [3.8, 4) is 0 Å². The summed E-state index contributed by atoms with van der Waals surface area (Å²) in [6, 6.07) is 3.45. The predicted molar refractivity (Wildman–Crippen MR) is 89.1 cm³/mol. The van der Waals surface area contributed by atoms with Gasteiger partial charge in [0.15, 0.2) is 5.76 Å². The lowest BCUT2D eigenvalue weighted by atomic mass is 10.0. The maximum Gasteiger partial charge on any atom is 0.287 e. The van der Waals surface area contributed by atoms with E-state index in [2.05, 4.69) is 20.6 Å². The van der Waals surface area contributed by atoms with Gasteiger partial charge in [0.25, 0.3) is 5.91 Å². The Morgan fingerprint density at radius 2 is 2.12 bits per heavy atom. The molecule has 2 N–H and O–H groups in total. The first-order valence-electron chi connectivity index (χ1n) is 8.05. The second-order valence-electron chi connectivity index (χ2n) is 6.03. The van der Waals surface area contributed by atoms with Crippen molar-refractivity contribution in [2.75, 3.05) is 18.5 Å². The zero-order valence-electron chi connectivity index (χ0n) is 14.1. The number of rotatable bonds is 4. The molecule has 1 amide bonds. The molecule has 1 saturated heterocycles. The van der Waals surface area contributed by atoms with Gasteiger partial charge in [-0.25, -0.2) is 9.97 Å². The van der Waals surface area contributed by atoms with Crippen molar-refractivity contribution in [2.45, 2.75) is 39.3 Å². The van der Waals surface area contributed by atoms with E-state index in [4.69, 9.17) is 9.15 Å². The number of carbonyl (C=O) groups excluding carboxylic acids is 1. The van der Waals surface area contributed by atoms with Gasteiger partial charge in [-0.15, -0.1) is 0 Å². The Hall–Kier alpha value is -2.41. The molecule has 0 saturated carbocycles. The molecule has 0 aliphatic carbocycles. The van der Waals surface area contributed by atoms with E-state index in [1.54, 1.807) is 18.3 Å². The summed E-state index contributed by atoms with van der Waals surface area (Å²) in [7, 11) is 0. The number of furan rings is 1. The molecule has 2 atom stereocenters. The zero-order valence-corrected chi connectivity index (χ0v) is 14.1. The molecule has 3 rings (SSSR count). The third-order valence-corrected chi connectivity index (χ3v) is 4.17. The van der Waals surface area contributed by atoms with Gasteiger partial charge >= 0.3 is 0 Å². The van der Waals surface area contributed by atoms with Gasteiger partial charge in [-0.3, -0.25) is 4.79 Å². The number of anilines is 1. The Kier molecular flexibility index (Phi) is 4.80. The number of aromatic nitrogens is 2. The van der Waals surface area contributed by atoms with Crippen molar-refractivity contribution in [3.63, 3.8) is 0 Å². The number of nitrogens with zero attached hydrogens (tertiary/aromatic N) is 2. The highest BCUT2D eigenvalue weighted by Crippen LogP contribution is 2.16. The first kappa shape index (κ1) is 16.4. The molecule has 2 aromatic heterocycles. The van der Waals surface area contributed by atoms with E-state index >= 15 is 0 Å². The van der Waals surface area contributed by atoms with Crippen LogP contribution in [-0.2, 0) is 4.74 Å². The first-order chi connectivity index (χ1) is 11.5. The van der Waals surface area contributed by atoms with Crippen LogP contribution in [0.15, 0.2) is 22.7 Å². The maximum absolute atomic E-state index is 12.4. The average molecular weight is 330 g/mol. The average Bonchev–Trinajstić information content (AvgIpc) is 2.89. The Labute approximate surface area is 140 Å². The predicted octanol–water partition coefficient (Wildman–Crippen LogP) is 1.99. The molecular weight excluding hydrogens is 308 g/mol. The Balaban J connectivity index is 1.69. The van der Waals surface area contributed by atoms with Gasteiger partial charge in [0, 0.05) is 12.8 Å². The van der Waals surface area contributed by atoms with E-state index in [1.807, 2.05) is 20.8 Å². The fraction of sp³-hybridized carbons (Fsp3) is 0.471. The smallest absolute Gasteiger partial charge is 0.287 e. The van der Waals surface area contributed by atoms with Crippen LogP contribution in [0.5, 0.6) is 0 Å². The number of aryl methyl sites for hydroxylation is 3. The molecule has 1 aliphatic heterocycles. The van der Waals surface area contributed by atoms with Crippen LogP contribution >= 0.6 is 0 Å². The van der Waals surface area contributed by atoms with Crippen molar-refractivity contribution in [3.05, 3.63) is 41.2 Å². The SMILES string of the molecule is Cc1nccc(N[C@@H]2COCC[C@@H]2NC(=O)c2cc(C)c(C)o2)n1. The number of nitrogens with one attached hydrogen (secondary N) is 2. The molecule has 0 aromatic carbocycles. The normalized spacial score (nSPS) is 20.6. The van der Waals surface area contributed by atoms with E-state index in [0.29, 0.717) is 24.8 Å². The number of amides is 1. The lowest BCUT2D eigenvalue weighted by Gasteiger charge is -2.32. The quantitative estimate of drug-likeness (QED) is 0.891. The highest BCUT2D eigenvalue weighted by atomic mass is 16.5. The van der Waals surface area contributed by atoms with Gasteiger partial charge in [-0.1, -0.05) is 0 Å². The van der Waals surface area contributed by atoms with Gasteiger partial charge < -0.3 is 19.8 Å². The molecule has 7 nitrogen and oxygen atoms in total. The van der Waals surface area contributed by atoms with Gasteiger partial charge in [0.2, 0.25) is 0 Å². The van der Waals surface area contributed by atoms with E-state index in [-0.39, 0.29) is 18.0 Å². The molecule has 0 spiro atoms. The number of carbonyl (C=O) groups is 1. The Bertz CT molecular complexity index is 709. The van der Waals surface area contributed by atoms with Crippen molar-refractivity contribution in [1.82, 2.24) is 15.3 Å². The van der Waals surface area contributed by atoms with E-state index in [0.717, 1.165) is 23.6 Å². The minimum Gasteiger partial charge on any atom is -0.456 e. The molecule has 0 unspecified atom stereocenters. The van der Waals surface area contributed by atoms with Gasteiger partial charge in [-0.2, -0.15) is 0 Å². The molecule has 3 heterocycles. The number of ether oxygens (including phenoxy) is 1. The lowest BCUT2D eigenvalue weighted by Crippen LogP contribution is -2.52. The van der Waals surface area contributed by atoms with Crippen LogP contribution in [0.4, 0.5) is 5.82 Å². The molecule has 24 heavy (non-hydrogen) atoms. The standard InChI is InChI=1S/C17H22N4O3/c1-10-8-15(24-11(10)2)17(22)21-13-5-7-23-9-14(13)20-16-4-6-18-12(3)19-16/h4,6,8,13-14H,5,7,9H2,1-3H3,(H,21,22)(H,18,19,20)/t13-,14+/m0/s1. The van der Waals surface area contributed by atoms with E-state index in [1.165, 1.54) is 0 Å². The molecule has 0 radical (unpaired) electrons. The first-order valence-corrected chi connectivity index (χ1v) is 8.05. The number of hydrogen-bond acceptors (Lipinski definition) is 6. The largest absolute Gasteiger partial charge is 0.456 e. The molecule has 128 valence electrons. The van der Waals surface area contributed by atoms with Crippen molar-refractivity contribution in [2.24, 2.45) is 0 Å². The summed E-state index contributed by atoms with van der Waals surface area (Å²) in [4.78, 5) is 20.9. The summed E-state index contributed by atoms with van der Waals surface area (Å²) in [5.74, 6) is 2.32. The molecule has 0 bridgehead atoms. The summed E-state index contributed by atoms with van der Waals surface area (Å²) < 4.78 is 11.0. The number of hydrogen-bond donors (Lipinski definition) is 2. The topological polar surface area (TPSA) is 89.3 Å². The summed E-state index contributed by atoms with van der Waals surface area (Å²) in [6.45, 7) is 6.73. The third kappa shape index (κ3) is 3.73. The van der Waals surface area contributed by atoms with Crippen LogP contribution < -0.4 is 10.6 Å². The highest BCUT2D eigenvalue weighted by Gasteiger charge is 2.28. The maximum atomic E-state index is 12.4. The van der Waals surface area contributed by atoms with E-state index < -0.39 is 0 Å². The molecular formula is C17H22N4O3. The summed E-state index contributed by atoms with van der Waals surface area (Å²) >= 11 is 0. The van der Waals surface area contributed by atoms with Crippen LogP contribution in [0.25, 0.3) is 0 Å². The van der Waals surface area contributed by atoms with Crippen molar-refractivity contribution >= 4 is 11.7 Å². The van der Waals surface area contributed by atoms with Gasteiger partial charge in [-0.05, 0) is 44.9 Å². The van der Waals surface area contributed by atoms with Crippen LogP contribution in [0, 0.1) is 20.8 Å². The molecule has 7 heteroatoms. The Morgan fingerprint density at radius 1 is 1.29 bits per heavy atom. The fourth-order valence-corrected chi connectivity index (χ4v) is 2.70. The molecule has 2 aromatic rings. The van der Waals surface area contributed by atoms with Gasteiger partial charge in [0.05, 0.1) is 18.7 Å². The second kappa shape index (κ2) is 7.00. The molecule has 1 fully saturated rings. The Morgan fingerprint density at radius 3 is 2.83 bits per heavy atom. The molecule has 1 aliphatic rings. The third-order valence-electron chi connectivity index (χ3n) is 4.17. The van der Waals surface area contributed by atoms with Crippen LogP contribution in [-0.4, -0.2) is 41.2 Å². The fourth-order valence-electron chi connectivity index (χ4n) is 2.70. The van der Waals surface area contributed by atoms with Crippen molar-refractivity contribution in [1.29, 1.82) is 0 Å². The highest BCUT2D eigenvalue weighted by molar-refractivity contribution is 5.92. The summed E-state index contributed by atoms with van der Waals surface area (Å²) in [5.41, 5.74) is 0.971. The lowest BCUT2D eigenvalue weighted by molar-refractivity contribution is 0.0609. The van der Waals surface area contributed by atoms with Gasteiger partial charge in [0.1, 0.15) is 17.4 Å². The van der Waals surface area contributed by atoms with E-state index in [9.17, 15) is 4.79 Å². The summed E-state index contributed by atoms with van der Waals surface area (Å²) in [6.07, 6.45) is 2.43. The van der Waals surface area contributed by atoms with Crippen LogP contribution in [0.3, 0.4) is 0 Å². The minimum atomic E-state index is -0.205. The zero-order chi connectivity index (χ0) is 17.1. The van der Waals surface area contributed by atoms with Crippen LogP contribution in [0.2, 0.25) is 0 Å². The minimum absolute atomic E-state index is 0.0610.